The molecule has 5 heteroatoms. The van der Waals surface area contributed by atoms with Gasteiger partial charge in [-0.15, -0.1) is 0 Å². The maximum atomic E-state index is 12.0. The fraction of sp³-hybridized carbons (Fsp3) is 0.562. The van der Waals surface area contributed by atoms with Crippen LogP contribution in [-0.2, 0) is 9.53 Å². The molecule has 2 rings (SSSR count). The van der Waals surface area contributed by atoms with Gasteiger partial charge in [-0.2, -0.15) is 0 Å². The van der Waals surface area contributed by atoms with Crippen molar-refractivity contribution in [2.24, 2.45) is 0 Å². The molecule has 1 heterocycles. The van der Waals surface area contributed by atoms with Crippen LogP contribution in [0.25, 0.3) is 0 Å². The van der Waals surface area contributed by atoms with Gasteiger partial charge in [-0.1, -0.05) is 30.7 Å². The van der Waals surface area contributed by atoms with Gasteiger partial charge in [0.25, 0.3) is 0 Å². The van der Waals surface area contributed by atoms with Crippen molar-refractivity contribution in [3.05, 3.63) is 34.9 Å². The number of carbonyl (C=O) groups excluding carboxylic acids is 1. The summed E-state index contributed by atoms with van der Waals surface area (Å²) in [5.74, 6) is -0.000164. The fourth-order valence-corrected chi connectivity index (χ4v) is 2.74. The third-order valence-electron chi connectivity index (χ3n) is 3.68. The van der Waals surface area contributed by atoms with Crippen LogP contribution in [0.2, 0.25) is 5.02 Å². The minimum absolute atomic E-state index is 0.000164. The van der Waals surface area contributed by atoms with Crippen molar-refractivity contribution in [3.8, 4) is 0 Å². The number of hydrogen-bond acceptors (Lipinski definition) is 3. The Labute approximate surface area is 131 Å². The van der Waals surface area contributed by atoms with Crippen LogP contribution in [0.4, 0.5) is 0 Å². The quantitative estimate of drug-likeness (QED) is 0.814. The lowest BCUT2D eigenvalue weighted by Crippen LogP contribution is -2.38. The Kier molecular flexibility index (Phi) is 6.49. The summed E-state index contributed by atoms with van der Waals surface area (Å²) in [5, 5.41) is 6.88. The summed E-state index contributed by atoms with van der Waals surface area (Å²) in [4.78, 5) is 12.0. The number of carbonyl (C=O) groups is 1. The second kappa shape index (κ2) is 8.37. The molecular weight excluding hydrogens is 288 g/mol. The standard InChI is InChI=1S/C16H23ClN2O2/c1-2-15(12-5-3-6-13(17)9-12)19-16(20)11-18-10-14-7-4-8-21-14/h3,5-6,9,14-15,18H,2,4,7-8,10-11H2,1H3,(H,19,20)/t14-,15-/m1/s1. The van der Waals surface area contributed by atoms with Gasteiger partial charge < -0.3 is 15.4 Å². The van der Waals surface area contributed by atoms with Gasteiger partial charge in [-0.3, -0.25) is 4.79 Å². The summed E-state index contributed by atoms with van der Waals surface area (Å²) < 4.78 is 5.51. The third-order valence-corrected chi connectivity index (χ3v) is 3.91. The highest BCUT2D eigenvalue weighted by Gasteiger charge is 2.16. The first-order chi connectivity index (χ1) is 10.2. The van der Waals surface area contributed by atoms with Crippen LogP contribution in [0.15, 0.2) is 24.3 Å². The average Bonchev–Trinajstić information content (AvgIpc) is 2.98. The topological polar surface area (TPSA) is 50.4 Å². The lowest BCUT2D eigenvalue weighted by Gasteiger charge is -2.18. The first kappa shape index (κ1) is 16.3. The van der Waals surface area contributed by atoms with Gasteiger partial charge in [0.2, 0.25) is 5.91 Å². The van der Waals surface area contributed by atoms with Crippen molar-refractivity contribution >= 4 is 17.5 Å². The molecule has 1 aliphatic heterocycles. The van der Waals surface area contributed by atoms with Crippen LogP contribution in [0, 0.1) is 0 Å². The number of benzene rings is 1. The number of ether oxygens (including phenoxy) is 1. The summed E-state index contributed by atoms with van der Waals surface area (Å²) in [7, 11) is 0. The number of rotatable bonds is 7. The molecule has 0 aliphatic carbocycles. The van der Waals surface area contributed by atoms with E-state index in [1.54, 1.807) is 0 Å². The van der Waals surface area contributed by atoms with E-state index in [-0.39, 0.29) is 18.1 Å². The summed E-state index contributed by atoms with van der Waals surface area (Å²) in [5.41, 5.74) is 1.04. The van der Waals surface area contributed by atoms with Crippen molar-refractivity contribution in [1.29, 1.82) is 0 Å². The van der Waals surface area contributed by atoms with E-state index in [0.29, 0.717) is 11.6 Å². The van der Waals surface area contributed by atoms with E-state index in [1.807, 2.05) is 31.2 Å². The van der Waals surface area contributed by atoms with Gasteiger partial charge in [-0.05, 0) is 37.0 Å². The van der Waals surface area contributed by atoms with E-state index in [9.17, 15) is 4.79 Å². The van der Waals surface area contributed by atoms with E-state index in [4.69, 9.17) is 16.3 Å². The van der Waals surface area contributed by atoms with Crippen molar-refractivity contribution in [1.82, 2.24) is 10.6 Å². The highest BCUT2D eigenvalue weighted by Crippen LogP contribution is 2.20. The summed E-state index contributed by atoms with van der Waals surface area (Å²) in [6.45, 7) is 3.94. The summed E-state index contributed by atoms with van der Waals surface area (Å²) in [6, 6.07) is 7.63. The Hall–Kier alpha value is -1.10. The molecule has 1 aromatic rings. The molecule has 4 nitrogen and oxygen atoms in total. The highest BCUT2D eigenvalue weighted by atomic mass is 35.5. The molecule has 0 spiro atoms. The van der Waals surface area contributed by atoms with E-state index in [0.717, 1.165) is 38.0 Å². The number of hydrogen-bond donors (Lipinski definition) is 2. The monoisotopic (exact) mass is 310 g/mol. The SMILES string of the molecule is CC[C@@H](NC(=O)CNC[C@H]1CCCO1)c1cccc(Cl)c1. The Morgan fingerprint density at radius 2 is 2.38 bits per heavy atom. The van der Waals surface area contributed by atoms with Crippen molar-refractivity contribution in [2.75, 3.05) is 19.7 Å². The second-order valence-corrected chi connectivity index (χ2v) is 5.79. The van der Waals surface area contributed by atoms with E-state index >= 15 is 0 Å². The third kappa shape index (κ3) is 5.30. The average molecular weight is 311 g/mol. The molecule has 1 saturated heterocycles. The van der Waals surface area contributed by atoms with Gasteiger partial charge in [0.05, 0.1) is 18.7 Å². The first-order valence-electron chi connectivity index (χ1n) is 7.56. The van der Waals surface area contributed by atoms with Gasteiger partial charge in [0.1, 0.15) is 0 Å². The Bertz CT molecular complexity index is 461. The molecule has 0 saturated carbocycles. The van der Waals surface area contributed by atoms with E-state index < -0.39 is 0 Å². The number of nitrogens with one attached hydrogen (secondary N) is 2. The molecule has 1 fully saturated rings. The number of halogens is 1. The van der Waals surface area contributed by atoms with E-state index in [1.165, 1.54) is 0 Å². The zero-order valence-electron chi connectivity index (χ0n) is 12.4. The molecule has 1 amide bonds. The maximum absolute atomic E-state index is 12.0. The molecule has 0 radical (unpaired) electrons. The van der Waals surface area contributed by atoms with Gasteiger partial charge in [-0.25, -0.2) is 0 Å². The molecule has 0 bridgehead atoms. The zero-order valence-corrected chi connectivity index (χ0v) is 13.2. The van der Waals surface area contributed by atoms with Crippen molar-refractivity contribution in [2.45, 2.75) is 38.3 Å². The molecule has 1 aromatic carbocycles. The minimum atomic E-state index is -0.000164. The Balaban J connectivity index is 1.76. The molecule has 116 valence electrons. The molecule has 21 heavy (non-hydrogen) atoms. The van der Waals surface area contributed by atoms with Crippen LogP contribution in [0.5, 0.6) is 0 Å². The highest BCUT2D eigenvalue weighted by molar-refractivity contribution is 6.30. The molecule has 2 N–H and O–H groups in total. The molecule has 1 aliphatic rings. The minimum Gasteiger partial charge on any atom is -0.377 e. The summed E-state index contributed by atoms with van der Waals surface area (Å²) >= 11 is 6.00. The summed E-state index contributed by atoms with van der Waals surface area (Å²) in [6.07, 6.45) is 3.28. The molecular formula is C16H23ClN2O2. The second-order valence-electron chi connectivity index (χ2n) is 5.35. The first-order valence-corrected chi connectivity index (χ1v) is 7.94. The lowest BCUT2D eigenvalue weighted by atomic mass is 10.0. The molecule has 2 atom stereocenters. The number of amides is 1. The maximum Gasteiger partial charge on any atom is 0.234 e. The van der Waals surface area contributed by atoms with Crippen molar-refractivity contribution < 1.29 is 9.53 Å². The van der Waals surface area contributed by atoms with Crippen LogP contribution >= 0.6 is 11.6 Å². The Morgan fingerprint density at radius 1 is 1.52 bits per heavy atom. The molecule has 0 aromatic heterocycles. The van der Waals surface area contributed by atoms with Gasteiger partial charge in [0, 0.05) is 18.2 Å². The van der Waals surface area contributed by atoms with Crippen LogP contribution in [0.3, 0.4) is 0 Å². The van der Waals surface area contributed by atoms with Gasteiger partial charge in [0.15, 0.2) is 0 Å². The molecule has 0 unspecified atom stereocenters. The predicted octanol–water partition coefficient (Wildman–Crippen LogP) is 2.68. The normalized spacial score (nSPS) is 19.4. The van der Waals surface area contributed by atoms with Crippen molar-refractivity contribution in [3.63, 3.8) is 0 Å². The largest absolute Gasteiger partial charge is 0.377 e. The Morgan fingerprint density at radius 3 is 3.05 bits per heavy atom. The van der Waals surface area contributed by atoms with Crippen LogP contribution in [0.1, 0.15) is 37.8 Å². The lowest BCUT2D eigenvalue weighted by molar-refractivity contribution is -0.121. The fourth-order valence-electron chi connectivity index (χ4n) is 2.54. The van der Waals surface area contributed by atoms with Crippen LogP contribution < -0.4 is 10.6 Å². The predicted molar refractivity (Wildman–Crippen MR) is 84.5 cm³/mol. The van der Waals surface area contributed by atoms with Crippen LogP contribution in [-0.4, -0.2) is 31.7 Å². The van der Waals surface area contributed by atoms with E-state index in [2.05, 4.69) is 10.6 Å². The van der Waals surface area contributed by atoms with Gasteiger partial charge >= 0.3 is 0 Å². The zero-order chi connectivity index (χ0) is 15.1. The smallest absolute Gasteiger partial charge is 0.234 e.